The predicted octanol–water partition coefficient (Wildman–Crippen LogP) is 5.89. The van der Waals surface area contributed by atoms with Crippen LogP contribution in [0.3, 0.4) is 0 Å². The molecule has 0 saturated heterocycles. The summed E-state index contributed by atoms with van der Waals surface area (Å²) in [4.78, 5) is 42.7. The van der Waals surface area contributed by atoms with Gasteiger partial charge in [0.05, 0.1) is 11.0 Å². The van der Waals surface area contributed by atoms with E-state index < -0.39 is 10.8 Å². The first kappa shape index (κ1) is 25.9. The molecule has 1 aliphatic heterocycles. The van der Waals surface area contributed by atoms with Crippen molar-refractivity contribution in [2.24, 2.45) is 5.92 Å². The van der Waals surface area contributed by atoms with Gasteiger partial charge in [-0.1, -0.05) is 43.6 Å². The van der Waals surface area contributed by atoms with Crippen LogP contribution in [0.4, 0.5) is 5.69 Å². The number of nitro groups is 1. The second-order valence-electron chi connectivity index (χ2n) is 9.43. The molecule has 1 atom stereocenters. The van der Waals surface area contributed by atoms with Crippen molar-refractivity contribution in [3.63, 3.8) is 0 Å². The summed E-state index contributed by atoms with van der Waals surface area (Å²) in [5.74, 6) is -0.446. The fourth-order valence-corrected chi connectivity index (χ4v) is 5.66. The van der Waals surface area contributed by atoms with Crippen molar-refractivity contribution in [2.75, 3.05) is 19.6 Å². The molecular weight excluding hydrogens is 498 g/mol. The maximum atomic E-state index is 13.7. The topological polar surface area (TPSA) is 83.8 Å². The zero-order valence-corrected chi connectivity index (χ0v) is 22.0. The monoisotopic (exact) mass is 525 g/mol. The second-order valence-corrected chi connectivity index (χ2v) is 10.9. The minimum Gasteiger partial charge on any atom is -0.330 e. The number of carbonyl (C=O) groups excluding carboxylic acids is 2. The SMILES string of the molecule is Cc1ccc(C(=O)N(CC(=O)N2CCc3sccc3C2c2ccc(Cl)cc2)CC(C)C)cc1[N+](=O)[O-]. The first-order valence-electron chi connectivity index (χ1n) is 11.8. The standard InChI is InChI=1S/C27H28ClN3O4S/c1-17(2)15-29(27(33)20-5-4-18(3)23(14-20)31(34)35)16-25(32)30-12-10-24-22(11-13-36-24)26(30)19-6-8-21(28)9-7-19/h4-9,11,13-14,17,26H,10,12,15-16H2,1-3H3. The molecule has 2 amide bonds. The number of carbonyl (C=O) groups is 2. The van der Waals surface area contributed by atoms with Crippen LogP contribution in [0.25, 0.3) is 0 Å². The van der Waals surface area contributed by atoms with Crippen LogP contribution < -0.4 is 0 Å². The van der Waals surface area contributed by atoms with Crippen molar-refractivity contribution < 1.29 is 14.5 Å². The Morgan fingerprint density at radius 2 is 1.92 bits per heavy atom. The smallest absolute Gasteiger partial charge is 0.273 e. The van der Waals surface area contributed by atoms with Crippen molar-refractivity contribution >= 4 is 40.4 Å². The van der Waals surface area contributed by atoms with E-state index in [4.69, 9.17) is 11.6 Å². The molecule has 4 rings (SSSR count). The van der Waals surface area contributed by atoms with Crippen LogP contribution >= 0.6 is 22.9 Å². The van der Waals surface area contributed by atoms with Crippen molar-refractivity contribution in [1.82, 2.24) is 9.80 Å². The number of rotatable bonds is 7. The number of nitro benzene ring substituents is 1. The highest BCUT2D eigenvalue weighted by molar-refractivity contribution is 7.10. The average molecular weight is 526 g/mol. The maximum Gasteiger partial charge on any atom is 0.273 e. The summed E-state index contributed by atoms with van der Waals surface area (Å²) in [5, 5.41) is 14.1. The number of aryl methyl sites for hydroxylation is 1. The van der Waals surface area contributed by atoms with Crippen LogP contribution in [-0.4, -0.2) is 46.2 Å². The van der Waals surface area contributed by atoms with E-state index in [0.29, 0.717) is 23.7 Å². The molecule has 0 aliphatic carbocycles. The number of benzene rings is 2. The van der Waals surface area contributed by atoms with Crippen LogP contribution in [0.15, 0.2) is 53.9 Å². The molecule has 0 radical (unpaired) electrons. The van der Waals surface area contributed by atoms with Gasteiger partial charge in [-0.25, -0.2) is 0 Å². The summed E-state index contributed by atoms with van der Waals surface area (Å²) in [7, 11) is 0. The van der Waals surface area contributed by atoms with Crippen molar-refractivity contribution in [2.45, 2.75) is 33.2 Å². The van der Waals surface area contributed by atoms with Crippen molar-refractivity contribution in [1.29, 1.82) is 0 Å². The lowest BCUT2D eigenvalue weighted by Gasteiger charge is -2.38. The van der Waals surface area contributed by atoms with Crippen molar-refractivity contribution in [3.05, 3.63) is 96.2 Å². The second kappa shape index (κ2) is 10.8. The van der Waals surface area contributed by atoms with E-state index in [2.05, 4.69) is 6.07 Å². The number of amides is 2. The molecule has 0 spiro atoms. The molecule has 2 heterocycles. The lowest BCUT2D eigenvalue weighted by atomic mass is 9.93. The fraction of sp³-hybridized carbons (Fsp3) is 0.333. The molecule has 0 saturated carbocycles. The number of halogens is 1. The number of hydrogen-bond donors (Lipinski definition) is 0. The third-order valence-corrected chi connectivity index (χ3v) is 7.57. The maximum absolute atomic E-state index is 13.7. The summed E-state index contributed by atoms with van der Waals surface area (Å²) in [6, 6.07) is 13.7. The van der Waals surface area contributed by atoms with E-state index >= 15 is 0 Å². The van der Waals surface area contributed by atoms with Gasteiger partial charge in [0.25, 0.3) is 11.6 Å². The van der Waals surface area contributed by atoms with Gasteiger partial charge in [-0.05, 0) is 60.0 Å². The minimum atomic E-state index is -0.493. The van der Waals surface area contributed by atoms with Gasteiger partial charge in [0.1, 0.15) is 6.54 Å². The van der Waals surface area contributed by atoms with E-state index in [1.54, 1.807) is 30.4 Å². The predicted molar refractivity (Wildman–Crippen MR) is 142 cm³/mol. The summed E-state index contributed by atoms with van der Waals surface area (Å²) in [5.41, 5.74) is 2.63. The normalized spacial score (nSPS) is 15.0. The molecule has 2 aromatic carbocycles. The zero-order valence-electron chi connectivity index (χ0n) is 20.4. The quantitative estimate of drug-likeness (QED) is 0.284. The Bertz CT molecular complexity index is 1290. The molecular formula is C27H28ClN3O4S. The number of fused-ring (bicyclic) bond motifs is 1. The lowest BCUT2D eigenvalue weighted by molar-refractivity contribution is -0.385. The molecule has 1 aromatic heterocycles. The molecule has 36 heavy (non-hydrogen) atoms. The molecule has 9 heteroatoms. The van der Waals surface area contributed by atoms with Gasteiger partial charge in [-0.3, -0.25) is 19.7 Å². The van der Waals surface area contributed by atoms with Gasteiger partial charge in [0, 0.05) is 40.2 Å². The molecule has 1 unspecified atom stereocenters. The van der Waals surface area contributed by atoms with Gasteiger partial charge < -0.3 is 9.80 Å². The van der Waals surface area contributed by atoms with E-state index in [1.807, 2.05) is 48.4 Å². The Kier molecular flexibility index (Phi) is 7.76. The van der Waals surface area contributed by atoms with E-state index in [9.17, 15) is 19.7 Å². The van der Waals surface area contributed by atoms with Crippen LogP contribution in [-0.2, 0) is 11.2 Å². The van der Waals surface area contributed by atoms with Gasteiger partial charge in [-0.15, -0.1) is 11.3 Å². The molecule has 7 nitrogen and oxygen atoms in total. The largest absolute Gasteiger partial charge is 0.330 e. The lowest BCUT2D eigenvalue weighted by Crippen LogP contribution is -2.47. The highest BCUT2D eigenvalue weighted by Crippen LogP contribution is 2.38. The molecule has 3 aromatic rings. The zero-order chi connectivity index (χ0) is 26.0. The van der Waals surface area contributed by atoms with E-state index in [0.717, 1.165) is 17.5 Å². The number of hydrogen-bond acceptors (Lipinski definition) is 5. The minimum absolute atomic E-state index is 0.109. The van der Waals surface area contributed by atoms with Crippen LogP contribution in [0.2, 0.25) is 5.02 Å². The van der Waals surface area contributed by atoms with E-state index in [1.165, 1.54) is 15.8 Å². The Balaban J connectivity index is 1.63. The highest BCUT2D eigenvalue weighted by Gasteiger charge is 2.34. The third-order valence-electron chi connectivity index (χ3n) is 6.32. The molecule has 0 fully saturated rings. The Labute approximate surface area is 219 Å². The van der Waals surface area contributed by atoms with E-state index in [-0.39, 0.29) is 35.7 Å². The Morgan fingerprint density at radius 3 is 2.58 bits per heavy atom. The van der Waals surface area contributed by atoms with Crippen LogP contribution in [0.1, 0.15) is 51.8 Å². The summed E-state index contributed by atoms with van der Waals surface area (Å²) in [6.45, 7) is 6.36. The van der Waals surface area contributed by atoms with Gasteiger partial charge in [0.15, 0.2) is 0 Å². The summed E-state index contributed by atoms with van der Waals surface area (Å²) < 4.78 is 0. The first-order valence-corrected chi connectivity index (χ1v) is 13.1. The number of thiophene rings is 1. The van der Waals surface area contributed by atoms with Gasteiger partial charge >= 0.3 is 0 Å². The first-order chi connectivity index (χ1) is 17.2. The Morgan fingerprint density at radius 1 is 1.19 bits per heavy atom. The van der Waals surface area contributed by atoms with Gasteiger partial charge in [-0.2, -0.15) is 0 Å². The molecule has 188 valence electrons. The molecule has 0 N–H and O–H groups in total. The summed E-state index contributed by atoms with van der Waals surface area (Å²) >= 11 is 7.80. The van der Waals surface area contributed by atoms with Crippen LogP contribution in [0.5, 0.6) is 0 Å². The average Bonchev–Trinajstić information content (AvgIpc) is 3.32. The van der Waals surface area contributed by atoms with Crippen LogP contribution in [0, 0.1) is 23.0 Å². The summed E-state index contributed by atoms with van der Waals surface area (Å²) in [6.07, 6.45) is 0.755. The Hall–Kier alpha value is -3.23. The highest BCUT2D eigenvalue weighted by atomic mass is 35.5. The molecule has 0 bridgehead atoms. The molecule has 1 aliphatic rings. The van der Waals surface area contributed by atoms with Gasteiger partial charge in [0.2, 0.25) is 5.91 Å². The fourth-order valence-electron chi connectivity index (χ4n) is 4.63. The van der Waals surface area contributed by atoms with Crippen molar-refractivity contribution in [3.8, 4) is 0 Å². The number of nitrogens with zero attached hydrogens (tertiary/aromatic N) is 3. The third kappa shape index (κ3) is 5.44.